The molecule has 1 aromatic heterocycles. The lowest BCUT2D eigenvalue weighted by atomic mass is 10.4. The summed E-state index contributed by atoms with van der Waals surface area (Å²) in [5, 5.41) is 6.27. The normalized spacial score (nSPS) is 13.0. The van der Waals surface area contributed by atoms with Crippen molar-refractivity contribution in [2.24, 2.45) is 4.99 Å². The molecule has 0 aliphatic heterocycles. The minimum absolute atomic E-state index is 0. The fraction of sp³-hybridized carbons (Fsp3) is 0.571. The molecule has 0 aliphatic rings. The van der Waals surface area contributed by atoms with Crippen molar-refractivity contribution in [2.75, 3.05) is 33.4 Å². The van der Waals surface area contributed by atoms with Crippen LogP contribution in [0.25, 0.3) is 0 Å². The molecular weight excluding hydrogens is 445 g/mol. The van der Waals surface area contributed by atoms with E-state index in [0.29, 0.717) is 25.7 Å². The standard InChI is InChI=1S/C14H25N5O3S.HI/c1-4-16-14(19-12(2)11-22-3)17-8-9-18-23(20,21)13-6-5-7-15-10-13;/h5-7,10,12,18H,4,8-9,11H2,1-3H3,(H2,16,17,19);1H. The van der Waals surface area contributed by atoms with E-state index >= 15 is 0 Å². The van der Waals surface area contributed by atoms with E-state index in [0.717, 1.165) is 0 Å². The third-order valence-corrected chi connectivity index (χ3v) is 4.21. The molecule has 0 bridgehead atoms. The van der Waals surface area contributed by atoms with Gasteiger partial charge in [-0.3, -0.25) is 9.98 Å². The van der Waals surface area contributed by atoms with Gasteiger partial charge in [0.25, 0.3) is 0 Å². The molecule has 0 aliphatic carbocycles. The van der Waals surface area contributed by atoms with Crippen LogP contribution in [0.1, 0.15) is 13.8 Å². The fourth-order valence-electron chi connectivity index (χ4n) is 1.78. The van der Waals surface area contributed by atoms with Gasteiger partial charge in [0, 0.05) is 38.6 Å². The van der Waals surface area contributed by atoms with Crippen molar-refractivity contribution in [1.82, 2.24) is 20.3 Å². The van der Waals surface area contributed by atoms with E-state index in [1.54, 1.807) is 13.2 Å². The lowest BCUT2D eigenvalue weighted by Crippen LogP contribution is -2.44. The van der Waals surface area contributed by atoms with E-state index in [1.807, 2.05) is 13.8 Å². The van der Waals surface area contributed by atoms with Gasteiger partial charge >= 0.3 is 0 Å². The van der Waals surface area contributed by atoms with Crippen LogP contribution in [0, 0.1) is 0 Å². The van der Waals surface area contributed by atoms with Crippen molar-refractivity contribution in [3.63, 3.8) is 0 Å². The summed E-state index contributed by atoms with van der Waals surface area (Å²) >= 11 is 0. The van der Waals surface area contributed by atoms with E-state index in [9.17, 15) is 8.42 Å². The topological polar surface area (TPSA) is 105 Å². The summed E-state index contributed by atoms with van der Waals surface area (Å²) in [5.74, 6) is 0.623. The summed E-state index contributed by atoms with van der Waals surface area (Å²) in [6, 6.07) is 3.18. The van der Waals surface area contributed by atoms with Crippen LogP contribution in [0.15, 0.2) is 34.4 Å². The summed E-state index contributed by atoms with van der Waals surface area (Å²) in [4.78, 5) is 8.27. The molecule has 1 aromatic rings. The zero-order valence-electron chi connectivity index (χ0n) is 14.2. The number of sulfonamides is 1. The van der Waals surface area contributed by atoms with Gasteiger partial charge in [0.2, 0.25) is 10.0 Å². The molecule has 0 saturated carbocycles. The number of halogens is 1. The van der Waals surface area contributed by atoms with E-state index in [1.165, 1.54) is 18.5 Å². The second-order valence-electron chi connectivity index (χ2n) is 4.85. The summed E-state index contributed by atoms with van der Waals surface area (Å²) in [5.41, 5.74) is 0. The van der Waals surface area contributed by atoms with Crippen LogP contribution in [-0.4, -0.2) is 58.8 Å². The van der Waals surface area contributed by atoms with Gasteiger partial charge in [-0.15, -0.1) is 24.0 Å². The van der Waals surface area contributed by atoms with E-state index in [2.05, 4.69) is 25.3 Å². The quantitative estimate of drug-likeness (QED) is 0.211. The number of methoxy groups -OCH3 is 1. The molecule has 1 atom stereocenters. The van der Waals surface area contributed by atoms with Gasteiger partial charge in [0.05, 0.1) is 13.2 Å². The molecule has 0 aromatic carbocycles. The first-order chi connectivity index (χ1) is 11.0. The third kappa shape index (κ3) is 8.76. The van der Waals surface area contributed by atoms with Crippen LogP contribution in [0.3, 0.4) is 0 Å². The summed E-state index contributed by atoms with van der Waals surface area (Å²) in [6.45, 7) is 5.72. The average Bonchev–Trinajstić information content (AvgIpc) is 2.53. The molecule has 8 nitrogen and oxygen atoms in total. The Bertz CT molecular complexity index is 583. The number of nitrogens with one attached hydrogen (secondary N) is 3. The van der Waals surface area contributed by atoms with Crippen LogP contribution < -0.4 is 15.4 Å². The Morgan fingerprint density at radius 2 is 2.21 bits per heavy atom. The highest BCUT2D eigenvalue weighted by Crippen LogP contribution is 2.04. The first-order valence-corrected chi connectivity index (χ1v) is 8.91. The van der Waals surface area contributed by atoms with Crippen LogP contribution in [0.2, 0.25) is 0 Å². The number of hydrogen-bond donors (Lipinski definition) is 3. The second kappa shape index (κ2) is 12.4. The van der Waals surface area contributed by atoms with Gasteiger partial charge in [-0.25, -0.2) is 13.1 Å². The first-order valence-electron chi connectivity index (χ1n) is 7.43. The maximum atomic E-state index is 12.0. The maximum Gasteiger partial charge on any atom is 0.242 e. The van der Waals surface area contributed by atoms with Crippen LogP contribution in [-0.2, 0) is 14.8 Å². The Balaban J connectivity index is 0.00000529. The van der Waals surface area contributed by atoms with Gasteiger partial charge in [0.1, 0.15) is 4.90 Å². The Morgan fingerprint density at radius 1 is 1.46 bits per heavy atom. The number of hydrogen-bond acceptors (Lipinski definition) is 5. The molecule has 24 heavy (non-hydrogen) atoms. The van der Waals surface area contributed by atoms with E-state index in [-0.39, 0.29) is 41.5 Å². The Morgan fingerprint density at radius 3 is 2.79 bits per heavy atom. The van der Waals surface area contributed by atoms with Crippen LogP contribution in [0.4, 0.5) is 0 Å². The van der Waals surface area contributed by atoms with E-state index < -0.39 is 10.0 Å². The highest BCUT2D eigenvalue weighted by Gasteiger charge is 2.12. The number of rotatable bonds is 9. The van der Waals surface area contributed by atoms with Crippen molar-refractivity contribution in [2.45, 2.75) is 24.8 Å². The zero-order chi connectivity index (χ0) is 17.1. The minimum Gasteiger partial charge on any atom is -0.383 e. The molecule has 0 fully saturated rings. The predicted molar refractivity (Wildman–Crippen MR) is 105 cm³/mol. The van der Waals surface area contributed by atoms with Gasteiger partial charge in [-0.1, -0.05) is 0 Å². The van der Waals surface area contributed by atoms with Crippen LogP contribution in [0.5, 0.6) is 0 Å². The Hall–Kier alpha value is -0.980. The second-order valence-corrected chi connectivity index (χ2v) is 6.61. The Kier molecular flexibility index (Phi) is 11.9. The lowest BCUT2D eigenvalue weighted by Gasteiger charge is -2.17. The SMILES string of the molecule is CCNC(=NCCNS(=O)(=O)c1cccnc1)NC(C)COC.I. The zero-order valence-corrected chi connectivity index (χ0v) is 17.3. The van der Waals surface area contributed by atoms with Gasteiger partial charge in [-0.2, -0.15) is 0 Å². The van der Waals surface area contributed by atoms with E-state index in [4.69, 9.17) is 4.74 Å². The fourth-order valence-corrected chi connectivity index (χ4v) is 2.77. The molecule has 0 amide bonds. The molecule has 0 radical (unpaired) electrons. The predicted octanol–water partition coefficient (Wildman–Crippen LogP) is 0.568. The lowest BCUT2D eigenvalue weighted by molar-refractivity contribution is 0.179. The number of pyridine rings is 1. The summed E-state index contributed by atoms with van der Waals surface area (Å²) < 4.78 is 31.6. The van der Waals surface area contributed by atoms with Crippen molar-refractivity contribution in [1.29, 1.82) is 0 Å². The minimum atomic E-state index is -3.54. The first kappa shape index (κ1) is 23.0. The summed E-state index contributed by atoms with van der Waals surface area (Å²) in [7, 11) is -1.91. The van der Waals surface area contributed by atoms with Gasteiger partial charge in [-0.05, 0) is 26.0 Å². The summed E-state index contributed by atoms with van der Waals surface area (Å²) in [6.07, 6.45) is 2.84. The average molecular weight is 471 g/mol. The molecule has 0 saturated heterocycles. The van der Waals surface area contributed by atoms with Gasteiger partial charge in [0.15, 0.2) is 5.96 Å². The number of aromatic nitrogens is 1. The number of nitrogens with zero attached hydrogens (tertiary/aromatic N) is 2. The van der Waals surface area contributed by atoms with Crippen molar-refractivity contribution in [3.05, 3.63) is 24.5 Å². The molecule has 1 heterocycles. The Labute approximate surface area is 160 Å². The molecule has 3 N–H and O–H groups in total. The largest absolute Gasteiger partial charge is 0.383 e. The van der Waals surface area contributed by atoms with Gasteiger partial charge < -0.3 is 15.4 Å². The van der Waals surface area contributed by atoms with Crippen molar-refractivity contribution in [3.8, 4) is 0 Å². The molecule has 0 spiro atoms. The molecule has 1 unspecified atom stereocenters. The molecule has 10 heteroatoms. The number of guanidine groups is 1. The monoisotopic (exact) mass is 471 g/mol. The highest BCUT2D eigenvalue weighted by atomic mass is 127. The van der Waals surface area contributed by atoms with Crippen molar-refractivity contribution >= 4 is 40.0 Å². The van der Waals surface area contributed by atoms with Crippen molar-refractivity contribution < 1.29 is 13.2 Å². The number of aliphatic imine (C=N–C) groups is 1. The van der Waals surface area contributed by atoms with Crippen LogP contribution >= 0.6 is 24.0 Å². The molecule has 1 rings (SSSR count). The smallest absolute Gasteiger partial charge is 0.242 e. The molecular formula is C14H26IN5O3S. The number of ether oxygens (including phenoxy) is 1. The maximum absolute atomic E-state index is 12.0. The highest BCUT2D eigenvalue weighted by molar-refractivity contribution is 14.0. The third-order valence-electron chi connectivity index (χ3n) is 2.76. The molecule has 138 valence electrons.